The van der Waals surface area contributed by atoms with Gasteiger partial charge in [-0.05, 0) is 42.3 Å². The van der Waals surface area contributed by atoms with Gasteiger partial charge < -0.3 is 0 Å². The quantitative estimate of drug-likeness (QED) is 0.460. The van der Waals surface area contributed by atoms with E-state index in [-0.39, 0.29) is 34.1 Å². The summed E-state index contributed by atoms with van der Waals surface area (Å²) in [5.41, 5.74) is 2.68. The van der Waals surface area contributed by atoms with Crippen LogP contribution in [0.4, 0.5) is 5.69 Å². The molecule has 2 aromatic carbocycles. The molecule has 2 aromatic rings. The van der Waals surface area contributed by atoms with E-state index >= 15 is 0 Å². The number of ketones is 1. The molecule has 1 fully saturated rings. The summed E-state index contributed by atoms with van der Waals surface area (Å²) >= 11 is 0. The van der Waals surface area contributed by atoms with Crippen LogP contribution in [0.5, 0.6) is 0 Å². The van der Waals surface area contributed by atoms with Crippen LogP contribution in [0, 0.1) is 17.0 Å². The molecule has 0 atom stereocenters. The van der Waals surface area contributed by atoms with Gasteiger partial charge in [-0.1, -0.05) is 29.8 Å². The largest absolute Gasteiger partial charge is 0.289 e. The van der Waals surface area contributed by atoms with Crippen LogP contribution in [-0.2, 0) is 14.6 Å². The highest BCUT2D eigenvalue weighted by Crippen LogP contribution is 2.24. The number of hydrogen-bond acceptors (Lipinski definition) is 5. The zero-order valence-electron chi connectivity index (χ0n) is 14.6. The van der Waals surface area contributed by atoms with Crippen molar-refractivity contribution in [1.82, 2.24) is 0 Å². The van der Waals surface area contributed by atoms with E-state index in [1.807, 2.05) is 31.2 Å². The number of hydrogen-bond donors (Lipinski definition) is 0. The van der Waals surface area contributed by atoms with Crippen LogP contribution in [0.3, 0.4) is 0 Å². The van der Waals surface area contributed by atoms with Crippen molar-refractivity contribution in [2.24, 2.45) is 0 Å². The molecule has 7 heteroatoms. The Balaban J connectivity index is 1.96. The highest BCUT2D eigenvalue weighted by Gasteiger charge is 2.30. The van der Waals surface area contributed by atoms with Crippen LogP contribution >= 0.6 is 0 Å². The fourth-order valence-corrected chi connectivity index (χ4v) is 4.31. The molecule has 1 heterocycles. The third-order valence-electron chi connectivity index (χ3n) is 4.20. The number of nitro benzene ring substituents is 1. The second-order valence-electron chi connectivity index (χ2n) is 6.46. The summed E-state index contributed by atoms with van der Waals surface area (Å²) in [6, 6.07) is 13.1. The molecule has 0 saturated carbocycles. The van der Waals surface area contributed by atoms with Gasteiger partial charge in [0.05, 0.1) is 16.4 Å². The Morgan fingerprint density at radius 1 is 0.889 bits per heavy atom. The SMILES string of the molecule is Cc1ccc(/C=C2\CS(=O)(=O)C/C(=C\c3ccc([N+](=O)[O-])cc3)C2=O)cc1. The van der Waals surface area contributed by atoms with Crippen LogP contribution < -0.4 is 0 Å². The summed E-state index contributed by atoms with van der Waals surface area (Å²) in [6.45, 7) is 1.94. The third kappa shape index (κ3) is 4.57. The lowest BCUT2D eigenvalue weighted by Gasteiger charge is -2.17. The Bertz CT molecular complexity index is 1060. The zero-order valence-corrected chi connectivity index (χ0v) is 15.4. The first-order valence-electron chi connectivity index (χ1n) is 8.21. The fourth-order valence-electron chi connectivity index (χ4n) is 2.83. The van der Waals surface area contributed by atoms with Gasteiger partial charge in [0.25, 0.3) is 5.69 Å². The van der Waals surface area contributed by atoms with Crippen molar-refractivity contribution in [1.29, 1.82) is 0 Å². The monoisotopic (exact) mass is 383 g/mol. The third-order valence-corrected chi connectivity index (χ3v) is 5.70. The Hall–Kier alpha value is -3.06. The predicted octanol–water partition coefficient (Wildman–Crippen LogP) is 3.37. The molecule has 0 aliphatic carbocycles. The molecule has 27 heavy (non-hydrogen) atoms. The van der Waals surface area contributed by atoms with Crippen LogP contribution in [0.2, 0.25) is 0 Å². The number of non-ortho nitro benzene ring substituents is 1. The van der Waals surface area contributed by atoms with Gasteiger partial charge in [-0.25, -0.2) is 8.42 Å². The molecule has 1 aliphatic rings. The number of benzene rings is 2. The van der Waals surface area contributed by atoms with Crippen LogP contribution in [0.1, 0.15) is 16.7 Å². The standard InChI is InChI=1S/C20H17NO5S/c1-14-2-4-15(5-3-14)10-17-12-27(25,26)13-18(20(17)22)11-16-6-8-19(9-7-16)21(23)24/h2-11H,12-13H2,1H3/b17-10+,18-11+. The number of rotatable bonds is 3. The average Bonchev–Trinajstić information content (AvgIpc) is 2.61. The lowest BCUT2D eigenvalue weighted by Crippen LogP contribution is -2.28. The second-order valence-corrected chi connectivity index (χ2v) is 8.52. The Morgan fingerprint density at radius 2 is 1.33 bits per heavy atom. The number of nitrogens with zero attached hydrogens (tertiary/aromatic N) is 1. The van der Waals surface area contributed by atoms with Gasteiger partial charge >= 0.3 is 0 Å². The van der Waals surface area contributed by atoms with E-state index in [9.17, 15) is 23.3 Å². The first-order valence-corrected chi connectivity index (χ1v) is 10.0. The smallest absolute Gasteiger partial charge is 0.269 e. The number of carbonyl (C=O) groups excluding carboxylic acids is 1. The normalized spacial score (nSPS) is 19.4. The van der Waals surface area contributed by atoms with Gasteiger partial charge in [0, 0.05) is 23.3 Å². The minimum atomic E-state index is -3.45. The van der Waals surface area contributed by atoms with Crippen molar-refractivity contribution >= 4 is 33.5 Å². The maximum atomic E-state index is 12.8. The van der Waals surface area contributed by atoms with Crippen LogP contribution in [-0.4, -0.2) is 30.6 Å². The van der Waals surface area contributed by atoms with Gasteiger partial charge in [0.2, 0.25) is 0 Å². The van der Waals surface area contributed by atoms with Gasteiger partial charge in [-0.15, -0.1) is 0 Å². The summed E-state index contributed by atoms with van der Waals surface area (Å²) < 4.78 is 24.5. The summed E-state index contributed by atoms with van der Waals surface area (Å²) in [4.78, 5) is 23.0. The number of Topliss-reactive ketones (excluding diaryl/α,β-unsaturated/α-hetero) is 1. The number of sulfone groups is 1. The first-order chi connectivity index (χ1) is 12.7. The highest BCUT2D eigenvalue weighted by molar-refractivity contribution is 7.92. The molecule has 0 N–H and O–H groups in total. The van der Waals surface area contributed by atoms with Gasteiger partial charge in [0.15, 0.2) is 15.6 Å². The summed E-state index contributed by atoms with van der Waals surface area (Å²) in [5, 5.41) is 10.7. The summed E-state index contributed by atoms with van der Waals surface area (Å²) in [5.74, 6) is -0.950. The van der Waals surface area contributed by atoms with E-state index in [1.165, 1.54) is 30.3 Å². The van der Waals surface area contributed by atoms with E-state index in [1.54, 1.807) is 6.08 Å². The van der Waals surface area contributed by atoms with E-state index < -0.39 is 14.8 Å². The van der Waals surface area contributed by atoms with E-state index in [0.717, 1.165) is 11.1 Å². The van der Waals surface area contributed by atoms with Crippen molar-refractivity contribution < 1.29 is 18.1 Å². The lowest BCUT2D eigenvalue weighted by atomic mass is 10.00. The molecular formula is C20H17NO5S. The number of nitro groups is 1. The van der Waals surface area contributed by atoms with E-state index in [2.05, 4.69) is 0 Å². The van der Waals surface area contributed by atoms with E-state index in [0.29, 0.717) is 5.56 Å². The molecule has 6 nitrogen and oxygen atoms in total. The summed E-state index contributed by atoms with van der Waals surface area (Å²) in [7, 11) is -3.45. The number of aryl methyl sites for hydroxylation is 1. The molecule has 0 bridgehead atoms. The molecular weight excluding hydrogens is 366 g/mol. The maximum Gasteiger partial charge on any atom is 0.269 e. The van der Waals surface area contributed by atoms with Crippen molar-refractivity contribution in [3.63, 3.8) is 0 Å². The van der Waals surface area contributed by atoms with Crippen molar-refractivity contribution in [3.05, 3.63) is 86.5 Å². The minimum Gasteiger partial charge on any atom is -0.289 e. The van der Waals surface area contributed by atoms with Crippen LogP contribution in [0.25, 0.3) is 12.2 Å². The van der Waals surface area contributed by atoms with Crippen molar-refractivity contribution in [2.75, 3.05) is 11.5 Å². The summed E-state index contributed by atoms with van der Waals surface area (Å²) in [6.07, 6.45) is 3.08. The molecule has 0 amide bonds. The van der Waals surface area contributed by atoms with Crippen LogP contribution in [0.15, 0.2) is 59.7 Å². The van der Waals surface area contributed by atoms with Gasteiger partial charge in [0.1, 0.15) is 0 Å². The van der Waals surface area contributed by atoms with Crippen molar-refractivity contribution in [2.45, 2.75) is 6.92 Å². The predicted molar refractivity (Wildman–Crippen MR) is 104 cm³/mol. The molecule has 3 rings (SSSR count). The first kappa shape index (κ1) is 18.7. The molecule has 0 aromatic heterocycles. The fraction of sp³-hybridized carbons (Fsp3) is 0.150. The highest BCUT2D eigenvalue weighted by atomic mass is 32.2. The molecule has 1 aliphatic heterocycles. The molecule has 0 radical (unpaired) electrons. The minimum absolute atomic E-state index is 0.0697. The topological polar surface area (TPSA) is 94.3 Å². The molecule has 1 saturated heterocycles. The number of carbonyl (C=O) groups is 1. The Morgan fingerprint density at radius 3 is 1.78 bits per heavy atom. The van der Waals surface area contributed by atoms with Crippen molar-refractivity contribution in [3.8, 4) is 0 Å². The molecule has 0 unspecified atom stereocenters. The molecule has 138 valence electrons. The Kier molecular flexibility index (Phi) is 5.05. The van der Waals surface area contributed by atoms with E-state index in [4.69, 9.17) is 0 Å². The Labute approximate surface area is 156 Å². The van der Waals surface area contributed by atoms with Gasteiger partial charge in [-0.3, -0.25) is 14.9 Å². The molecule has 0 spiro atoms. The average molecular weight is 383 g/mol. The zero-order chi connectivity index (χ0) is 19.6. The lowest BCUT2D eigenvalue weighted by molar-refractivity contribution is -0.384. The maximum absolute atomic E-state index is 12.8. The van der Waals surface area contributed by atoms with Gasteiger partial charge in [-0.2, -0.15) is 0 Å². The second kappa shape index (κ2) is 7.28.